The third kappa shape index (κ3) is 33.1. The van der Waals surface area contributed by atoms with Crippen molar-refractivity contribution in [2.24, 2.45) is 0 Å². The fourth-order valence-corrected chi connectivity index (χ4v) is 0.150. The van der Waals surface area contributed by atoms with Crippen molar-refractivity contribution in [2.75, 3.05) is 0 Å². The average molecular weight is 142 g/mol. The fraction of sp³-hybridized carbons (Fsp3) is 0. The van der Waals surface area contributed by atoms with E-state index >= 15 is 0 Å². The number of carboxylic acid groups (broad SMARTS) is 1. The minimum atomic E-state index is -0.945. The quantitative estimate of drug-likeness (QED) is 0.442. The van der Waals surface area contributed by atoms with E-state index in [1.165, 1.54) is 12.2 Å². The molecule has 0 saturated carbocycles. The van der Waals surface area contributed by atoms with Crippen LogP contribution in [0.1, 0.15) is 0 Å². The zero-order chi connectivity index (χ0) is 8.41. The Hall–Kier alpha value is -1.67. The van der Waals surface area contributed by atoms with Gasteiger partial charge < -0.3 is 5.11 Å². The van der Waals surface area contributed by atoms with Crippen molar-refractivity contribution in [2.45, 2.75) is 0 Å². The lowest BCUT2D eigenvalue weighted by atomic mass is 10.5. The van der Waals surface area contributed by atoms with E-state index in [-0.39, 0.29) is 6.15 Å². The number of hydrogen-bond donors (Lipinski definition) is 1. The second-order valence-corrected chi connectivity index (χ2v) is 1.02. The largest absolute Gasteiger partial charge is 0.478 e. The number of carboxylic acids is 1. The number of allylic oxidation sites excluding steroid dienone is 2. The first-order valence-electron chi connectivity index (χ1n) is 2.20. The van der Waals surface area contributed by atoms with Gasteiger partial charge in [0.1, 0.15) is 0 Å². The predicted molar refractivity (Wildman–Crippen MR) is 32.0 cm³/mol. The molecule has 0 aromatic heterocycles. The zero-order valence-electron chi connectivity index (χ0n) is 5.11. The topological polar surface area (TPSA) is 71.4 Å². The zero-order valence-corrected chi connectivity index (χ0v) is 5.11. The maximum absolute atomic E-state index is 9.62. The summed E-state index contributed by atoms with van der Waals surface area (Å²) in [6.07, 6.45) is 4.05. The molecule has 0 saturated heterocycles. The smallest absolute Gasteiger partial charge is 0.373 e. The van der Waals surface area contributed by atoms with Gasteiger partial charge in [0.2, 0.25) is 0 Å². The molecule has 0 amide bonds. The third-order valence-electron chi connectivity index (χ3n) is 0.375. The van der Waals surface area contributed by atoms with Crippen LogP contribution in [0.25, 0.3) is 0 Å². The number of carbonyl (C=O) groups excluding carboxylic acids is 2. The van der Waals surface area contributed by atoms with E-state index < -0.39 is 5.97 Å². The molecule has 0 aromatic carbocycles. The summed E-state index contributed by atoms with van der Waals surface area (Å²) in [4.78, 5) is 25.9. The molecule has 0 bridgehead atoms. The van der Waals surface area contributed by atoms with Gasteiger partial charge in [-0.3, -0.25) is 0 Å². The Balaban J connectivity index is 0. The van der Waals surface area contributed by atoms with Crippen LogP contribution in [0.5, 0.6) is 0 Å². The molecular formula is C6H6O4. The van der Waals surface area contributed by atoms with Gasteiger partial charge in [0.05, 0.1) is 0 Å². The van der Waals surface area contributed by atoms with Gasteiger partial charge in [0, 0.05) is 6.08 Å². The third-order valence-corrected chi connectivity index (χ3v) is 0.375. The molecule has 4 heteroatoms. The molecule has 1 N–H and O–H groups in total. The fourth-order valence-electron chi connectivity index (χ4n) is 0.150. The monoisotopic (exact) mass is 142 g/mol. The van der Waals surface area contributed by atoms with E-state index in [4.69, 9.17) is 14.7 Å². The Kier molecular flexibility index (Phi) is 11.5. The highest BCUT2D eigenvalue weighted by molar-refractivity contribution is 5.79. The van der Waals surface area contributed by atoms with E-state index in [1.54, 1.807) is 0 Å². The summed E-state index contributed by atoms with van der Waals surface area (Å²) < 4.78 is 0. The second-order valence-electron chi connectivity index (χ2n) is 1.02. The predicted octanol–water partition coefficient (Wildman–Crippen LogP) is 0.230. The van der Waals surface area contributed by atoms with Gasteiger partial charge in [-0.1, -0.05) is 18.7 Å². The summed E-state index contributed by atoms with van der Waals surface area (Å²) in [6.45, 7) is 3.28. The van der Waals surface area contributed by atoms with Crippen LogP contribution < -0.4 is 0 Å². The lowest BCUT2D eigenvalue weighted by molar-refractivity contribution is -0.191. The van der Waals surface area contributed by atoms with Crippen molar-refractivity contribution in [1.82, 2.24) is 0 Å². The first-order chi connectivity index (χ1) is 4.68. The van der Waals surface area contributed by atoms with Gasteiger partial charge in [-0.05, 0) is 0 Å². The van der Waals surface area contributed by atoms with Crippen LogP contribution in [-0.2, 0) is 14.4 Å². The maximum atomic E-state index is 9.62. The lowest BCUT2D eigenvalue weighted by Crippen LogP contribution is -1.83. The normalized spacial score (nSPS) is 7.20. The van der Waals surface area contributed by atoms with Crippen molar-refractivity contribution in [3.8, 4) is 0 Å². The van der Waals surface area contributed by atoms with Crippen LogP contribution in [0.4, 0.5) is 0 Å². The molecule has 0 radical (unpaired) electrons. The molecule has 54 valence electrons. The summed E-state index contributed by atoms with van der Waals surface area (Å²) in [5, 5.41) is 7.91. The van der Waals surface area contributed by atoms with Crippen molar-refractivity contribution in [3.63, 3.8) is 0 Å². The summed E-state index contributed by atoms with van der Waals surface area (Å²) >= 11 is 0. The first kappa shape index (κ1) is 11.2. The molecule has 0 rings (SSSR count). The second kappa shape index (κ2) is 10.3. The minimum absolute atomic E-state index is 0.250. The van der Waals surface area contributed by atoms with E-state index in [0.29, 0.717) is 0 Å². The van der Waals surface area contributed by atoms with Gasteiger partial charge in [-0.2, -0.15) is 9.59 Å². The molecule has 0 fully saturated rings. The van der Waals surface area contributed by atoms with Crippen molar-refractivity contribution >= 4 is 12.1 Å². The summed E-state index contributed by atoms with van der Waals surface area (Å²) in [7, 11) is 0. The lowest BCUT2D eigenvalue weighted by Gasteiger charge is -1.70. The van der Waals surface area contributed by atoms with Crippen LogP contribution in [0.2, 0.25) is 0 Å². The van der Waals surface area contributed by atoms with Gasteiger partial charge in [0.15, 0.2) is 0 Å². The van der Waals surface area contributed by atoms with Gasteiger partial charge in [-0.15, -0.1) is 0 Å². The van der Waals surface area contributed by atoms with Crippen LogP contribution in [0.15, 0.2) is 24.8 Å². The summed E-state index contributed by atoms with van der Waals surface area (Å²) in [5.74, 6) is -0.945. The first-order valence-corrected chi connectivity index (χ1v) is 2.20. The Morgan fingerprint density at radius 3 is 2.00 bits per heavy atom. The van der Waals surface area contributed by atoms with Crippen molar-refractivity contribution < 1.29 is 19.5 Å². The molecule has 0 aliphatic heterocycles. The molecule has 0 atom stereocenters. The van der Waals surface area contributed by atoms with Crippen LogP contribution >= 0.6 is 0 Å². The van der Waals surface area contributed by atoms with E-state index in [9.17, 15) is 4.79 Å². The van der Waals surface area contributed by atoms with Crippen molar-refractivity contribution in [3.05, 3.63) is 24.8 Å². The number of carbonyl (C=O) groups is 1. The molecule has 4 nitrogen and oxygen atoms in total. The van der Waals surface area contributed by atoms with Crippen molar-refractivity contribution in [1.29, 1.82) is 0 Å². The highest BCUT2D eigenvalue weighted by atomic mass is 16.4. The standard InChI is InChI=1S/C5H6O2.CO2/c1-2-3-4-5(6)7;2-1-3/h2-4H,1H2,(H,6,7);/b4-3+;. The van der Waals surface area contributed by atoms with Crippen LogP contribution in [0.3, 0.4) is 0 Å². The van der Waals surface area contributed by atoms with E-state index in [0.717, 1.165) is 6.08 Å². The molecule has 0 aliphatic carbocycles. The molecular weight excluding hydrogens is 136 g/mol. The van der Waals surface area contributed by atoms with Crippen LogP contribution in [-0.4, -0.2) is 17.2 Å². The highest BCUT2D eigenvalue weighted by Crippen LogP contribution is 1.70. The molecule has 0 spiro atoms. The Labute approximate surface area is 57.5 Å². The van der Waals surface area contributed by atoms with E-state index in [2.05, 4.69) is 6.58 Å². The molecule has 10 heavy (non-hydrogen) atoms. The molecule has 0 unspecified atom stereocenters. The number of aliphatic carboxylic acids is 1. The Morgan fingerprint density at radius 2 is 1.90 bits per heavy atom. The Morgan fingerprint density at radius 1 is 1.50 bits per heavy atom. The van der Waals surface area contributed by atoms with E-state index in [1.807, 2.05) is 0 Å². The molecule has 0 heterocycles. The minimum Gasteiger partial charge on any atom is -0.478 e. The maximum Gasteiger partial charge on any atom is 0.373 e. The average Bonchev–Trinajstić information content (AvgIpc) is 1.85. The summed E-state index contributed by atoms with van der Waals surface area (Å²) in [6, 6.07) is 0. The molecule has 0 aromatic rings. The Bertz CT molecular complexity index is 163. The highest BCUT2D eigenvalue weighted by Gasteiger charge is 1.77. The number of rotatable bonds is 2. The SMILES string of the molecule is C=C/C=C/C(=O)O.O=C=O. The summed E-state index contributed by atoms with van der Waals surface area (Å²) in [5.41, 5.74) is 0. The van der Waals surface area contributed by atoms with Gasteiger partial charge in [-0.25, -0.2) is 4.79 Å². The number of hydrogen-bond acceptors (Lipinski definition) is 3. The van der Waals surface area contributed by atoms with Gasteiger partial charge in [0.25, 0.3) is 0 Å². The molecule has 0 aliphatic rings. The van der Waals surface area contributed by atoms with Crippen LogP contribution in [0, 0.1) is 0 Å². The van der Waals surface area contributed by atoms with Gasteiger partial charge >= 0.3 is 12.1 Å².